The van der Waals surface area contributed by atoms with Crippen molar-refractivity contribution in [2.75, 3.05) is 33.3 Å². The molecule has 4 rings (SSSR count). The Balaban J connectivity index is 1.29. The standard InChI is InChI=1S/C22H24FN3OS/c1-27-21-8-7-17(13-20(21)23)14-25-9-11-26(12-10-25)15-19-16-28-22(24-19)18-5-3-2-4-6-18/h2-8,13,16H,9-12,14-15H2,1H3. The minimum Gasteiger partial charge on any atom is -0.494 e. The van der Waals surface area contributed by atoms with Gasteiger partial charge in [-0.3, -0.25) is 9.80 Å². The molecule has 3 aromatic rings. The third-order valence-corrected chi connectivity index (χ3v) is 5.99. The van der Waals surface area contributed by atoms with Gasteiger partial charge in [0.15, 0.2) is 11.6 Å². The van der Waals surface area contributed by atoms with E-state index in [1.54, 1.807) is 23.5 Å². The number of thiazole rings is 1. The van der Waals surface area contributed by atoms with Gasteiger partial charge >= 0.3 is 0 Å². The molecule has 2 heterocycles. The van der Waals surface area contributed by atoms with Crippen molar-refractivity contribution in [2.45, 2.75) is 13.1 Å². The number of hydrogen-bond donors (Lipinski definition) is 0. The van der Waals surface area contributed by atoms with E-state index >= 15 is 0 Å². The highest BCUT2D eigenvalue weighted by Gasteiger charge is 2.18. The quantitative estimate of drug-likeness (QED) is 0.621. The van der Waals surface area contributed by atoms with Gasteiger partial charge in [-0.2, -0.15) is 0 Å². The number of hydrogen-bond acceptors (Lipinski definition) is 5. The largest absolute Gasteiger partial charge is 0.494 e. The smallest absolute Gasteiger partial charge is 0.165 e. The maximum Gasteiger partial charge on any atom is 0.165 e. The first kappa shape index (κ1) is 19.1. The van der Waals surface area contributed by atoms with E-state index in [9.17, 15) is 4.39 Å². The molecule has 1 fully saturated rings. The van der Waals surface area contributed by atoms with Crippen LogP contribution in [-0.4, -0.2) is 48.1 Å². The fourth-order valence-electron chi connectivity index (χ4n) is 3.49. The van der Waals surface area contributed by atoms with Gasteiger partial charge in [-0.05, 0) is 17.7 Å². The van der Waals surface area contributed by atoms with Gasteiger partial charge in [0, 0.05) is 50.2 Å². The summed E-state index contributed by atoms with van der Waals surface area (Å²) in [6.07, 6.45) is 0. The van der Waals surface area contributed by atoms with Crippen molar-refractivity contribution in [3.8, 4) is 16.3 Å². The number of nitrogens with zero attached hydrogens (tertiary/aromatic N) is 3. The molecule has 0 aliphatic carbocycles. The molecule has 2 aromatic carbocycles. The average molecular weight is 398 g/mol. The van der Waals surface area contributed by atoms with Crippen molar-refractivity contribution >= 4 is 11.3 Å². The van der Waals surface area contributed by atoms with Crippen molar-refractivity contribution in [2.24, 2.45) is 0 Å². The molecule has 1 saturated heterocycles. The Hall–Kier alpha value is -2.28. The molecule has 146 valence electrons. The number of ether oxygens (including phenoxy) is 1. The van der Waals surface area contributed by atoms with E-state index in [0.29, 0.717) is 5.75 Å². The maximum absolute atomic E-state index is 13.9. The second kappa shape index (κ2) is 8.82. The van der Waals surface area contributed by atoms with Crippen molar-refractivity contribution in [1.29, 1.82) is 0 Å². The lowest BCUT2D eigenvalue weighted by atomic mass is 10.2. The monoisotopic (exact) mass is 397 g/mol. The maximum atomic E-state index is 13.9. The van der Waals surface area contributed by atoms with Crippen LogP contribution in [0.25, 0.3) is 10.6 Å². The molecule has 0 radical (unpaired) electrons. The summed E-state index contributed by atoms with van der Waals surface area (Å²) in [5, 5.41) is 3.24. The van der Waals surface area contributed by atoms with Crippen molar-refractivity contribution < 1.29 is 9.13 Å². The Morgan fingerprint density at radius 1 is 1.00 bits per heavy atom. The SMILES string of the molecule is COc1ccc(CN2CCN(Cc3csc(-c4ccccc4)n3)CC2)cc1F. The van der Waals surface area contributed by atoms with E-state index in [1.165, 1.54) is 12.7 Å². The summed E-state index contributed by atoms with van der Waals surface area (Å²) in [4.78, 5) is 9.61. The van der Waals surface area contributed by atoms with Gasteiger partial charge in [0.2, 0.25) is 0 Å². The summed E-state index contributed by atoms with van der Waals surface area (Å²) in [7, 11) is 1.49. The molecule has 0 N–H and O–H groups in total. The van der Waals surface area contributed by atoms with E-state index in [1.807, 2.05) is 24.3 Å². The summed E-state index contributed by atoms with van der Waals surface area (Å²) in [6.45, 7) is 5.60. The van der Waals surface area contributed by atoms with Crippen molar-refractivity contribution in [1.82, 2.24) is 14.8 Å². The highest BCUT2D eigenvalue weighted by atomic mass is 32.1. The fourth-order valence-corrected chi connectivity index (χ4v) is 4.31. The van der Waals surface area contributed by atoms with Crippen LogP contribution in [0.15, 0.2) is 53.9 Å². The van der Waals surface area contributed by atoms with E-state index in [4.69, 9.17) is 9.72 Å². The predicted octanol–water partition coefficient (Wildman–Crippen LogP) is 4.28. The van der Waals surface area contributed by atoms with Crippen LogP contribution >= 0.6 is 11.3 Å². The molecule has 0 unspecified atom stereocenters. The number of methoxy groups -OCH3 is 1. The van der Waals surface area contributed by atoms with Gasteiger partial charge in [-0.1, -0.05) is 36.4 Å². The molecule has 4 nitrogen and oxygen atoms in total. The molecular weight excluding hydrogens is 373 g/mol. The van der Waals surface area contributed by atoms with Gasteiger partial charge in [-0.25, -0.2) is 9.37 Å². The fraction of sp³-hybridized carbons (Fsp3) is 0.318. The lowest BCUT2D eigenvalue weighted by Gasteiger charge is -2.34. The number of rotatable bonds is 6. The first-order valence-corrected chi connectivity index (χ1v) is 10.4. The van der Waals surface area contributed by atoms with E-state index in [0.717, 1.165) is 55.5 Å². The van der Waals surface area contributed by atoms with Gasteiger partial charge < -0.3 is 4.74 Å². The zero-order chi connectivity index (χ0) is 19.3. The van der Waals surface area contributed by atoms with Crippen LogP contribution in [0, 0.1) is 5.82 Å². The molecule has 0 spiro atoms. The number of piperazine rings is 1. The van der Waals surface area contributed by atoms with E-state index < -0.39 is 0 Å². The summed E-state index contributed by atoms with van der Waals surface area (Å²) in [5.74, 6) is 0.00286. The molecule has 0 amide bonds. The minimum absolute atomic E-state index is 0.295. The van der Waals surface area contributed by atoms with Crippen LogP contribution in [0.4, 0.5) is 4.39 Å². The average Bonchev–Trinajstić information content (AvgIpc) is 3.19. The molecule has 6 heteroatoms. The highest BCUT2D eigenvalue weighted by molar-refractivity contribution is 7.13. The molecule has 0 bridgehead atoms. The van der Waals surface area contributed by atoms with Gasteiger partial charge in [0.1, 0.15) is 5.01 Å². The lowest BCUT2D eigenvalue weighted by Crippen LogP contribution is -2.45. The van der Waals surface area contributed by atoms with Gasteiger partial charge in [0.25, 0.3) is 0 Å². The van der Waals surface area contributed by atoms with Crippen molar-refractivity contribution in [3.63, 3.8) is 0 Å². The molecular formula is C22H24FN3OS. The number of aromatic nitrogens is 1. The van der Waals surface area contributed by atoms with Crippen LogP contribution in [-0.2, 0) is 13.1 Å². The van der Waals surface area contributed by atoms with Crippen LogP contribution < -0.4 is 4.74 Å². The van der Waals surface area contributed by atoms with Gasteiger partial charge in [0.05, 0.1) is 12.8 Å². The molecule has 0 atom stereocenters. The molecule has 0 saturated carbocycles. The van der Waals surface area contributed by atoms with Crippen LogP contribution in [0.2, 0.25) is 0 Å². The van der Waals surface area contributed by atoms with Crippen molar-refractivity contribution in [3.05, 3.63) is 71.0 Å². The van der Waals surface area contributed by atoms with Gasteiger partial charge in [-0.15, -0.1) is 11.3 Å². The van der Waals surface area contributed by atoms with E-state index in [2.05, 4.69) is 27.3 Å². The van der Waals surface area contributed by atoms with Crippen LogP contribution in [0.3, 0.4) is 0 Å². The van der Waals surface area contributed by atoms with Crippen LogP contribution in [0.1, 0.15) is 11.3 Å². The Labute approximate surface area is 169 Å². The normalized spacial score (nSPS) is 15.6. The first-order chi connectivity index (χ1) is 13.7. The minimum atomic E-state index is -0.295. The first-order valence-electron chi connectivity index (χ1n) is 9.48. The molecule has 1 aliphatic rings. The number of benzene rings is 2. The molecule has 1 aromatic heterocycles. The lowest BCUT2D eigenvalue weighted by molar-refractivity contribution is 0.121. The Morgan fingerprint density at radius 2 is 1.71 bits per heavy atom. The number of halogens is 1. The second-order valence-corrected chi connectivity index (χ2v) is 7.89. The zero-order valence-electron chi connectivity index (χ0n) is 16.0. The third kappa shape index (κ3) is 4.58. The Morgan fingerprint density at radius 3 is 2.39 bits per heavy atom. The Kier molecular flexibility index (Phi) is 6.00. The summed E-state index contributed by atoms with van der Waals surface area (Å²) in [6, 6.07) is 15.5. The summed E-state index contributed by atoms with van der Waals surface area (Å²) >= 11 is 1.70. The second-order valence-electron chi connectivity index (χ2n) is 7.03. The third-order valence-electron chi connectivity index (χ3n) is 5.05. The molecule has 1 aliphatic heterocycles. The topological polar surface area (TPSA) is 28.6 Å². The highest BCUT2D eigenvalue weighted by Crippen LogP contribution is 2.24. The van der Waals surface area contributed by atoms with Crippen LogP contribution in [0.5, 0.6) is 5.75 Å². The zero-order valence-corrected chi connectivity index (χ0v) is 16.8. The summed E-state index contributed by atoms with van der Waals surface area (Å²) < 4.78 is 18.9. The predicted molar refractivity (Wildman–Crippen MR) is 111 cm³/mol. The molecule has 28 heavy (non-hydrogen) atoms. The Bertz CT molecular complexity index is 907. The summed E-state index contributed by atoms with van der Waals surface area (Å²) in [5.41, 5.74) is 3.29. The van der Waals surface area contributed by atoms with E-state index in [-0.39, 0.29) is 5.82 Å².